The van der Waals surface area contributed by atoms with Crippen LogP contribution >= 0.6 is 0 Å². The number of hydrogen-bond donors (Lipinski definition) is 2. The number of ether oxygens (including phenoxy) is 1. The number of rotatable bonds is 8. The lowest BCUT2D eigenvalue weighted by atomic mass is 10.1. The third-order valence-electron chi connectivity index (χ3n) is 2.70. The molecule has 2 N–H and O–H groups in total. The summed E-state index contributed by atoms with van der Waals surface area (Å²) in [7, 11) is 0. The first kappa shape index (κ1) is 17.4. The van der Waals surface area contributed by atoms with Gasteiger partial charge in [0, 0.05) is 24.2 Å². The van der Waals surface area contributed by atoms with Crippen LogP contribution in [0.3, 0.4) is 0 Å². The number of nitrogens with one attached hydrogen (secondary N) is 1. The maximum absolute atomic E-state index is 10.9. The van der Waals surface area contributed by atoms with E-state index in [4.69, 9.17) is 4.74 Å². The summed E-state index contributed by atoms with van der Waals surface area (Å²) in [6, 6.07) is 4.49. The van der Waals surface area contributed by atoms with E-state index in [-0.39, 0.29) is 12.3 Å². The molecule has 0 saturated carbocycles. The molecule has 0 atom stereocenters. The van der Waals surface area contributed by atoms with E-state index in [0.29, 0.717) is 23.8 Å². The van der Waals surface area contributed by atoms with Crippen molar-refractivity contribution in [1.82, 2.24) is 5.32 Å². The molecule has 0 aliphatic heterocycles. The zero-order valence-electron chi connectivity index (χ0n) is 13.0. The smallest absolute Gasteiger partial charge is 0.270 e. The van der Waals surface area contributed by atoms with Crippen molar-refractivity contribution in [3.8, 4) is 5.75 Å². The molecule has 0 radical (unpaired) electrons. The second-order valence-corrected chi connectivity index (χ2v) is 6.17. The van der Waals surface area contributed by atoms with Crippen molar-refractivity contribution in [2.24, 2.45) is 5.92 Å². The van der Waals surface area contributed by atoms with Crippen LogP contribution < -0.4 is 10.1 Å². The van der Waals surface area contributed by atoms with Gasteiger partial charge in [0.1, 0.15) is 12.4 Å². The van der Waals surface area contributed by atoms with Gasteiger partial charge in [-0.1, -0.05) is 13.8 Å². The Kier molecular flexibility index (Phi) is 6.11. The molecular weight excluding hydrogens is 272 g/mol. The summed E-state index contributed by atoms with van der Waals surface area (Å²) >= 11 is 0. The van der Waals surface area contributed by atoms with Gasteiger partial charge in [-0.05, 0) is 32.4 Å². The van der Waals surface area contributed by atoms with E-state index in [1.54, 1.807) is 19.9 Å². The highest BCUT2D eigenvalue weighted by molar-refractivity contribution is 5.43. The van der Waals surface area contributed by atoms with Crippen molar-refractivity contribution >= 4 is 5.69 Å². The summed E-state index contributed by atoms with van der Waals surface area (Å²) < 4.78 is 5.58. The van der Waals surface area contributed by atoms with Gasteiger partial charge in [0.2, 0.25) is 0 Å². The van der Waals surface area contributed by atoms with E-state index in [2.05, 4.69) is 19.2 Å². The van der Waals surface area contributed by atoms with Crippen molar-refractivity contribution in [2.75, 3.05) is 13.2 Å². The highest BCUT2D eigenvalue weighted by Gasteiger charge is 2.16. The third-order valence-corrected chi connectivity index (χ3v) is 2.70. The minimum atomic E-state index is -0.954. The SMILES string of the molecule is CC(C)CNCc1cc([N+](=O)[O-])ccc1OCC(C)(C)O. The number of hydrogen-bond acceptors (Lipinski definition) is 5. The van der Waals surface area contributed by atoms with Crippen molar-refractivity contribution < 1.29 is 14.8 Å². The lowest BCUT2D eigenvalue weighted by Gasteiger charge is -2.19. The van der Waals surface area contributed by atoms with Crippen LogP contribution in [0, 0.1) is 16.0 Å². The lowest BCUT2D eigenvalue weighted by Crippen LogP contribution is -2.28. The summed E-state index contributed by atoms with van der Waals surface area (Å²) in [5.74, 6) is 1.04. The number of nitrogens with zero attached hydrogens (tertiary/aromatic N) is 1. The van der Waals surface area contributed by atoms with Gasteiger partial charge >= 0.3 is 0 Å². The molecule has 0 aliphatic rings. The van der Waals surface area contributed by atoms with Crippen LogP contribution in [0.15, 0.2) is 18.2 Å². The number of benzene rings is 1. The molecule has 0 unspecified atom stereocenters. The molecule has 0 bridgehead atoms. The lowest BCUT2D eigenvalue weighted by molar-refractivity contribution is -0.384. The molecule has 0 amide bonds. The quantitative estimate of drug-likeness (QED) is 0.568. The Balaban J connectivity index is 2.86. The standard InChI is InChI=1S/C15H24N2O4/c1-11(2)8-16-9-12-7-13(17(19)20)5-6-14(12)21-10-15(3,4)18/h5-7,11,16,18H,8-10H2,1-4H3. The average Bonchev–Trinajstić information content (AvgIpc) is 2.35. The number of non-ortho nitro benzene ring substituents is 1. The Bertz CT molecular complexity index is 481. The van der Waals surface area contributed by atoms with E-state index < -0.39 is 10.5 Å². The van der Waals surface area contributed by atoms with E-state index in [0.717, 1.165) is 6.54 Å². The van der Waals surface area contributed by atoms with E-state index >= 15 is 0 Å². The van der Waals surface area contributed by atoms with Gasteiger partial charge in [0.05, 0.1) is 10.5 Å². The fourth-order valence-electron chi connectivity index (χ4n) is 1.71. The Morgan fingerprint density at radius 3 is 2.62 bits per heavy atom. The number of aliphatic hydroxyl groups is 1. The van der Waals surface area contributed by atoms with E-state index in [1.807, 2.05) is 0 Å². The van der Waals surface area contributed by atoms with Crippen LogP contribution in [-0.4, -0.2) is 28.8 Å². The molecule has 0 aliphatic carbocycles. The first-order valence-electron chi connectivity index (χ1n) is 7.02. The van der Waals surface area contributed by atoms with Crippen molar-refractivity contribution in [3.05, 3.63) is 33.9 Å². The molecule has 6 nitrogen and oxygen atoms in total. The Labute approximate surface area is 125 Å². The fourth-order valence-corrected chi connectivity index (χ4v) is 1.71. The zero-order valence-corrected chi connectivity index (χ0v) is 13.0. The van der Waals surface area contributed by atoms with Gasteiger partial charge in [-0.2, -0.15) is 0 Å². The summed E-state index contributed by atoms with van der Waals surface area (Å²) in [5.41, 5.74) is -0.203. The second-order valence-electron chi connectivity index (χ2n) is 6.17. The normalized spacial score (nSPS) is 11.7. The number of nitro benzene ring substituents is 1. The van der Waals surface area contributed by atoms with Crippen LogP contribution in [0.2, 0.25) is 0 Å². The fraction of sp³-hybridized carbons (Fsp3) is 0.600. The molecule has 118 valence electrons. The van der Waals surface area contributed by atoms with Gasteiger partial charge < -0.3 is 15.2 Å². The molecule has 6 heteroatoms. The Hall–Kier alpha value is -1.66. The van der Waals surface area contributed by atoms with Crippen LogP contribution in [-0.2, 0) is 6.54 Å². The van der Waals surface area contributed by atoms with Gasteiger partial charge in [-0.15, -0.1) is 0 Å². The summed E-state index contributed by atoms with van der Waals surface area (Å²) in [6.07, 6.45) is 0. The highest BCUT2D eigenvalue weighted by atomic mass is 16.6. The maximum atomic E-state index is 10.9. The Morgan fingerprint density at radius 2 is 2.10 bits per heavy atom. The summed E-state index contributed by atoms with van der Waals surface area (Å²) in [4.78, 5) is 10.4. The first-order chi connectivity index (χ1) is 9.69. The van der Waals surface area contributed by atoms with E-state index in [1.165, 1.54) is 12.1 Å². The van der Waals surface area contributed by atoms with Crippen molar-refractivity contribution in [1.29, 1.82) is 0 Å². The molecule has 1 aromatic rings. The third kappa shape index (κ3) is 6.55. The van der Waals surface area contributed by atoms with Crippen molar-refractivity contribution in [2.45, 2.75) is 39.8 Å². The molecular formula is C15H24N2O4. The Morgan fingerprint density at radius 1 is 1.43 bits per heavy atom. The predicted octanol–water partition coefficient (Wildman–Crippen LogP) is 2.49. The van der Waals surface area contributed by atoms with Crippen LogP contribution in [0.5, 0.6) is 5.75 Å². The van der Waals surface area contributed by atoms with Crippen LogP contribution in [0.1, 0.15) is 33.3 Å². The molecule has 0 aromatic heterocycles. The predicted molar refractivity (Wildman–Crippen MR) is 81.4 cm³/mol. The highest BCUT2D eigenvalue weighted by Crippen LogP contribution is 2.25. The second kappa shape index (κ2) is 7.38. The molecule has 1 aromatic carbocycles. The van der Waals surface area contributed by atoms with Gasteiger partial charge in [0.25, 0.3) is 5.69 Å². The monoisotopic (exact) mass is 296 g/mol. The van der Waals surface area contributed by atoms with Crippen molar-refractivity contribution in [3.63, 3.8) is 0 Å². The first-order valence-corrected chi connectivity index (χ1v) is 7.02. The summed E-state index contributed by atoms with van der Waals surface area (Å²) in [6.45, 7) is 8.90. The van der Waals surface area contributed by atoms with Gasteiger partial charge in [-0.25, -0.2) is 0 Å². The molecule has 0 spiro atoms. The molecule has 21 heavy (non-hydrogen) atoms. The van der Waals surface area contributed by atoms with Crippen LogP contribution in [0.25, 0.3) is 0 Å². The van der Waals surface area contributed by atoms with Gasteiger partial charge in [0.15, 0.2) is 0 Å². The largest absolute Gasteiger partial charge is 0.490 e. The zero-order chi connectivity index (χ0) is 16.0. The molecule has 1 rings (SSSR count). The van der Waals surface area contributed by atoms with Crippen LogP contribution in [0.4, 0.5) is 5.69 Å². The minimum Gasteiger partial charge on any atom is -0.490 e. The van der Waals surface area contributed by atoms with Gasteiger partial charge in [-0.3, -0.25) is 10.1 Å². The average molecular weight is 296 g/mol. The summed E-state index contributed by atoms with van der Waals surface area (Å²) in [5, 5.41) is 23.8. The molecule has 0 saturated heterocycles. The number of nitro groups is 1. The topological polar surface area (TPSA) is 84.6 Å². The van der Waals surface area contributed by atoms with E-state index in [9.17, 15) is 15.2 Å². The molecule has 0 fully saturated rings. The molecule has 0 heterocycles. The minimum absolute atomic E-state index is 0.0342. The maximum Gasteiger partial charge on any atom is 0.270 e.